The quantitative estimate of drug-likeness (QED) is 0.685. The normalized spacial score (nSPS) is 15.1. The summed E-state index contributed by atoms with van der Waals surface area (Å²) in [5.41, 5.74) is 0. The molecular weight excluding hydrogens is 353 g/mol. The number of hydrogen-bond donors (Lipinski definition) is 0. The van der Waals surface area contributed by atoms with Gasteiger partial charge in [0, 0.05) is 19.0 Å². The van der Waals surface area contributed by atoms with Crippen molar-refractivity contribution in [3.8, 4) is 17.4 Å². The summed E-state index contributed by atoms with van der Waals surface area (Å²) in [4.78, 5) is 14.0. The lowest BCUT2D eigenvalue weighted by atomic mass is 9.97. The minimum absolute atomic E-state index is 0.0806. The third-order valence-corrected chi connectivity index (χ3v) is 4.56. The van der Waals surface area contributed by atoms with E-state index in [1.807, 2.05) is 0 Å². The van der Waals surface area contributed by atoms with Crippen molar-refractivity contribution < 1.29 is 22.8 Å². The molecule has 1 aromatic carbocycles. The number of furan rings is 1. The number of ether oxygens (including phenoxy) is 1. The average molecular weight is 371 g/mol. The standard InChI is InChI=1S/C19H18FN3O4/c20-14-4-1-2-5-15(14)26-12-17(24)23-9-7-13(8-10-23)18-21-22-19(27-18)16-6-3-11-25-16/h1-6,11,13H,7-10,12H2. The number of carbonyl (C=O) groups excluding carboxylic acids is 1. The SMILES string of the molecule is O=C(COc1ccccc1F)N1CCC(c2nnc(-c3ccco3)o2)CC1. The second-order valence-electron chi connectivity index (χ2n) is 6.30. The van der Waals surface area contributed by atoms with Gasteiger partial charge in [0.15, 0.2) is 23.9 Å². The van der Waals surface area contributed by atoms with E-state index in [1.54, 1.807) is 35.4 Å². The van der Waals surface area contributed by atoms with Gasteiger partial charge >= 0.3 is 0 Å². The van der Waals surface area contributed by atoms with Crippen LogP contribution in [0.2, 0.25) is 0 Å². The van der Waals surface area contributed by atoms with Crippen molar-refractivity contribution in [2.45, 2.75) is 18.8 Å². The van der Waals surface area contributed by atoms with Gasteiger partial charge in [-0.05, 0) is 37.1 Å². The van der Waals surface area contributed by atoms with Crippen LogP contribution in [0, 0.1) is 5.82 Å². The third kappa shape index (κ3) is 3.84. The smallest absolute Gasteiger partial charge is 0.283 e. The summed E-state index contributed by atoms with van der Waals surface area (Å²) < 4.78 is 29.8. The fraction of sp³-hybridized carbons (Fsp3) is 0.316. The highest BCUT2D eigenvalue weighted by Gasteiger charge is 2.28. The Labute approximate surface area is 154 Å². The van der Waals surface area contributed by atoms with Crippen molar-refractivity contribution >= 4 is 5.91 Å². The topological polar surface area (TPSA) is 81.6 Å². The second kappa shape index (κ2) is 7.61. The Morgan fingerprint density at radius 1 is 1.19 bits per heavy atom. The first-order valence-corrected chi connectivity index (χ1v) is 8.73. The molecule has 27 heavy (non-hydrogen) atoms. The zero-order valence-electron chi connectivity index (χ0n) is 14.5. The third-order valence-electron chi connectivity index (χ3n) is 4.56. The number of aromatic nitrogens is 2. The molecule has 1 amide bonds. The van der Waals surface area contributed by atoms with Crippen LogP contribution >= 0.6 is 0 Å². The summed E-state index contributed by atoms with van der Waals surface area (Å²) in [5, 5.41) is 8.12. The zero-order valence-corrected chi connectivity index (χ0v) is 14.5. The number of rotatable bonds is 5. The van der Waals surface area contributed by atoms with Crippen molar-refractivity contribution in [3.63, 3.8) is 0 Å². The highest BCUT2D eigenvalue weighted by molar-refractivity contribution is 5.77. The summed E-state index contributed by atoms with van der Waals surface area (Å²) in [5.74, 6) is 0.968. The number of piperidine rings is 1. The Kier molecular flexibility index (Phi) is 4.86. The van der Waals surface area contributed by atoms with E-state index < -0.39 is 5.82 Å². The van der Waals surface area contributed by atoms with Gasteiger partial charge in [-0.2, -0.15) is 0 Å². The molecule has 0 unspecified atom stereocenters. The van der Waals surface area contributed by atoms with Crippen LogP contribution in [0.15, 0.2) is 51.5 Å². The van der Waals surface area contributed by atoms with Gasteiger partial charge in [0.1, 0.15) is 0 Å². The van der Waals surface area contributed by atoms with E-state index in [0.717, 1.165) is 0 Å². The predicted molar refractivity (Wildman–Crippen MR) is 92.5 cm³/mol. The number of benzene rings is 1. The van der Waals surface area contributed by atoms with Crippen LogP contribution < -0.4 is 4.74 Å². The first-order valence-electron chi connectivity index (χ1n) is 8.73. The van der Waals surface area contributed by atoms with Gasteiger partial charge in [-0.3, -0.25) is 4.79 Å². The second-order valence-corrected chi connectivity index (χ2v) is 6.30. The van der Waals surface area contributed by atoms with E-state index in [4.69, 9.17) is 13.6 Å². The number of nitrogens with zero attached hydrogens (tertiary/aromatic N) is 3. The Morgan fingerprint density at radius 2 is 2.00 bits per heavy atom. The fourth-order valence-electron chi connectivity index (χ4n) is 3.07. The highest BCUT2D eigenvalue weighted by Crippen LogP contribution is 2.29. The molecule has 1 aliphatic rings. The molecule has 0 radical (unpaired) electrons. The van der Waals surface area contributed by atoms with Crippen LogP contribution in [-0.2, 0) is 4.79 Å². The zero-order chi connectivity index (χ0) is 18.6. The number of hydrogen-bond acceptors (Lipinski definition) is 6. The number of amides is 1. The summed E-state index contributed by atoms with van der Waals surface area (Å²) >= 11 is 0. The maximum absolute atomic E-state index is 13.5. The number of likely N-dealkylation sites (tertiary alicyclic amines) is 1. The summed E-state index contributed by atoms with van der Waals surface area (Å²) in [6.45, 7) is 0.931. The van der Waals surface area contributed by atoms with Crippen molar-refractivity contribution in [1.82, 2.24) is 15.1 Å². The highest BCUT2D eigenvalue weighted by atomic mass is 19.1. The fourth-order valence-corrected chi connectivity index (χ4v) is 3.07. The number of carbonyl (C=O) groups is 1. The largest absolute Gasteiger partial charge is 0.481 e. The average Bonchev–Trinajstić information content (AvgIpc) is 3.39. The van der Waals surface area contributed by atoms with Gasteiger partial charge in [-0.1, -0.05) is 12.1 Å². The van der Waals surface area contributed by atoms with Crippen LogP contribution in [0.25, 0.3) is 11.7 Å². The maximum Gasteiger partial charge on any atom is 0.283 e. The molecule has 7 nitrogen and oxygen atoms in total. The van der Waals surface area contributed by atoms with E-state index in [9.17, 15) is 9.18 Å². The van der Waals surface area contributed by atoms with Crippen molar-refractivity contribution in [2.75, 3.05) is 19.7 Å². The van der Waals surface area contributed by atoms with E-state index in [0.29, 0.717) is 43.5 Å². The molecule has 1 saturated heterocycles. The van der Waals surface area contributed by atoms with Crippen molar-refractivity contribution in [3.05, 3.63) is 54.4 Å². The Morgan fingerprint density at radius 3 is 2.74 bits per heavy atom. The van der Waals surface area contributed by atoms with Crippen LogP contribution in [0.5, 0.6) is 5.75 Å². The van der Waals surface area contributed by atoms with Crippen molar-refractivity contribution in [1.29, 1.82) is 0 Å². The van der Waals surface area contributed by atoms with Gasteiger partial charge in [0.05, 0.1) is 6.26 Å². The van der Waals surface area contributed by atoms with Crippen LogP contribution in [0.1, 0.15) is 24.7 Å². The Bertz CT molecular complexity index is 901. The van der Waals surface area contributed by atoms with Crippen molar-refractivity contribution in [2.24, 2.45) is 0 Å². The molecular formula is C19H18FN3O4. The molecule has 1 aliphatic heterocycles. The Balaban J connectivity index is 1.30. The molecule has 0 atom stereocenters. The lowest BCUT2D eigenvalue weighted by Gasteiger charge is -2.30. The molecule has 0 bridgehead atoms. The molecule has 0 spiro atoms. The van der Waals surface area contributed by atoms with E-state index in [-0.39, 0.29) is 24.2 Å². The van der Waals surface area contributed by atoms with E-state index in [1.165, 1.54) is 12.1 Å². The van der Waals surface area contributed by atoms with Gasteiger partial charge in [-0.25, -0.2) is 4.39 Å². The van der Waals surface area contributed by atoms with E-state index in [2.05, 4.69) is 10.2 Å². The molecule has 4 rings (SSSR count). The molecule has 3 aromatic rings. The summed E-state index contributed by atoms with van der Waals surface area (Å²) in [7, 11) is 0. The molecule has 0 saturated carbocycles. The minimum atomic E-state index is -0.479. The van der Waals surface area contributed by atoms with Crippen LogP contribution in [0.4, 0.5) is 4.39 Å². The predicted octanol–water partition coefficient (Wildman–Crippen LogP) is 3.25. The number of para-hydroxylation sites is 1. The molecule has 0 N–H and O–H groups in total. The summed E-state index contributed by atoms with van der Waals surface area (Å²) in [6.07, 6.45) is 2.98. The first kappa shape index (κ1) is 17.3. The van der Waals surface area contributed by atoms with Gasteiger partial charge < -0.3 is 18.5 Å². The van der Waals surface area contributed by atoms with Gasteiger partial charge in [0.2, 0.25) is 5.89 Å². The molecule has 0 aliphatic carbocycles. The lowest BCUT2D eigenvalue weighted by Crippen LogP contribution is -2.40. The van der Waals surface area contributed by atoms with Gasteiger partial charge in [0.25, 0.3) is 11.8 Å². The van der Waals surface area contributed by atoms with Gasteiger partial charge in [-0.15, -0.1) is 10.2 Å². The van der Waals surface area contributed by atoms with E-state index >= 15 is 0 Å². The Hall–Kier alpha value is -3.16. The lowest BCUT2D eigenvalue weighted by molar-refractivity contribution is -0.134. The molecule has 140 valence electrons. The first-order chi connectivity index (χ1) is 13.2. The summed E-state index contributed by atoms with van der Waals surface area (Å²) in [6, 6.07) is 9.55. The molecule has 8 heteroatoms. The monoisotopic (exact) mass is 371 g/mol. The molecule has 2 aromatic heterocycles. The maximum atomic E-state index is 13.5. The number of halogens is 1. The minimum Gasteiger partial charge on any atom is -0.481 e. The van der Waals surface area contributed by atoms with Crippen LogP contribution in [-0.4, -0.2) is 40.7 Å². The molecule has 3 heterocycles. The molecule has 1 fully saturated rings. The van der Waals surface area contributed by atoms with Crippen LogP contribution in [0.3, 0.4) is 0 Å².